The van der Waals surface area contributed by atoms with Crippen molar-refractivity contribution in [1.82, 2.24) is 0 Å². The van der Waals surface area contributed by atoms with Crippen LogP contribution in [0.5, 0.6) is 0 Å². The van der Waals surface area contributed by atoms with Crippen molar-refractivity contribution in [2.45, 2.75) is 45.4 Å². The molecule has 1 aromatic rings. The van der Waals surface area contributed by atoms with Crippen molar-refractivity contribution in [3.05, 3.63) is 42.2 Å². The van der Waals surface area contributed by atoms with Gasteiger partial charge in [0, 0.05) is 0 Å². The van der Waals surface area contributed by atoms with Crippen molar-refractivity contribution >= 4 is 5.57 Å². The third kappa shape index (κ3) is 4.61. The molecule has 0 nitrogen and oxygen atoms in total. The number of allylic oxidation sites excluding steroid dienone is 1. The van der Waals surface area contributed by atoms with Gasteiger partial charge in [-0.2, -0.15) is 0 Å². The van der Waals surface area contributed by atoms with Gasteiger partial charge in [-0.3, -0.25) is 0 Å². The summed E-state index contributed by atoms with van der Waals surface area (Å²) in [6.07, 6.45) is 7.40. The van der Waals surface area contributed by atoms with Crippen molar-refractivity contribution in [3.8, 4) is 0 Å². The fourth-order valence-electron chi connectivity index (χ4n) is 1.77. The maximum Gasteiger partial charge on any atom is 0.123 e. The molecule has 16 heavy (non-hydrogen) atoms. The summed E-state index contributed by atoms with van der Waals surface area (Å²) in [5, 5.41) is 0. The van der Waals surface area contributed by atoms with Crippen LogP contribution in [0.3, 0.4) is 0 Å². The second kappa shape index (κ2) is 7.21. The first kappa shape index (κ1) is 13.0. The van der Waals surface area contributed by atoms with E-state index in [1.807, 2.05) is 12.1 Å². The largest absolute Gasteiger partial charge is 0.207 e. The zero-order chi connectivity index (χ0) is 11.8. The molecule has 0 heterocycles. The third-order valence-corrected chi connectivity index (χ3v) is 2.83. The topological polar surface area (TPSA) is 0 Å². The zero-order valence-corrected chi connectivity index (χ0v) is 10.1. The lowest BCUT2D eigenvalue weighted by atomic mass is 10.0. The highest BCUT2D eigenvalue weighted by Gasteiger charge is 1.99. The first-order valence-electron chi connectivity index (χ1n) is 6.17. The summed E-state index contributed by atoms with van der Waals surface area (Å²) in [5.41, 5.74) is 2.19. The molecule has 0 aliphatic rings. The maximum atomic E-state index is 12.7. The number of halogens is 1. The van der Waals surface area contributed by atoms with Gasteiger partial charge in [-0.25, -0.2) is 4.39 Å². The van der Waals surface area contributed by atoms with Crippen LogP contribution in [0, 0.1) is 5.82 Å². The molecule has 0 aliphatic heterocycles. The molecular weight excluding hydrogens is 199 g/mol. The van der Waals surface area contributed by atoms with Gasteiger partial charge in [-0.1, -0.05) is 51.3 Å². The Morgan fingerprint density at radius 3 is 2.31 bits per heavy atom. The van der Waals surface area contributed by atoms with Gasteiger partial charge in [0.25, 0.3) is 0 Å². The van der Waals surface area contributed by atoms with Crippen LogP contribution in [0.2, 0.25) is 0 Å². The molecule has 0 amide bonds. The van der Waals surface area contributed by atoms with Crippen molar-refractivity contribution in [2.75, 3.05) is 0 Å². The molecule has 0 saturated carbocycles. The molecule has 88 valence electrons. The predicted octanol–water partition coefficient (Wildman–Crippen LogP) is 5.20. The molecule has 0 aliphatic carbocycles. The number of unbranched alkanes of at least 4 members (excludes halogenated alkanes) is 4. The molecule has 0 N–H and O–H groups in total. The van der Waals surface area contributed by atoms with E-state index in [-0.39, 0.29) is 5.82 Å². The van der Waals surface area contributed by atoms with Crippen LogP contribution in [0.1, 0.15) is 51.0 Å². The minimum absolute atomic E-state index is 0.181. The number of benzene rings is 1. The minimum Gasteiger partial charge on any atom is -0.207 e. The Morgan fingerprint density at radius 2 is 1.69 bits per heavy atom. The van der Waals surface area contributed by atoms with Crippen LogP contribution in [0.25, 0.3) is 5.57 Å². The highest BCUT2D eigenvalue weighted by atomic mass is 19.1. The molecule has 1 aromatic carbocycles. The Hall–Kier alpha value is -1.11. The van der Waals surface area contributed by atoms with Gasteiger partial charge in [0.1, 0.15) is 5.82 Å². The van der Waals surface area contributed by atoms with Gasteiger partial charge in [-0.05, 0) is 36.1 Å². The lowest BCUT2D eigenvalue weighted by molar-refractivity contribution is 0.627. The third-order valence-electron chi connectivity index (χ3n) is 2.83. The van der Waals surface area contributed by atoms with E-state index in [4.69, 9.17) is 0 Å². The second-order valence-corrected chi connectivity index (χ2v) is 4.27. The molecule has 0 bridgehead atoms. The van der Waals surface area contributed by atoms with Gasteiger partial charge < -0.3 is 0 Å². The summed E-state index contributed by atoms with van der Waals surface area (Å²) in [4.78, 5) is 0. The summed E-state index contributed by atoms with van der Waals surface area (Å²) in [6.45, 7) is 6.27. The van der Waals surface area contributed by atoms with Crippen LogP contribution >= 0.6 is 0 Å². The summed E-state index contributed by atoms with van der Waals surface area (Å²) in [7, 11) is 0. The Morgan fingerprint density at radius 1 is 1.06 bits per heavy atom. The number of hydrogen-bond acceptors (Lipinski definition) is 0. The molecule has 0 aromatic heterocycles. The molecule has 0 fully saturated rings. The summed E-state index contributed by atoms with van der Waals surface area (Å²) < 4.78 is 12.7. The van der Waals surface area contributed by atoms with Crippen LogP contribution in [-0.2, 0) is 0 Å². The summed E-state index contributed by atoms with van der Waals surface area (Å²) in [5.74, 6) is -0.181. The zero-order valence-electron chi connectivity index (χ0n) is 10.1. The molecular formula is C15H21F. The molecule has 0 unspecified atom stereocenters. The summed E-state index contributed by atoms with van der Waals surface area (Å²) >= 11 is 0. The number of rotatable bonds is 7. The molecule has 1 heteroatoms. The fourth-order valence-corrected chi connectivity index (χ4v) is 1.77. The first-order valence-corrected chi connectivity index (χ1v) is 6.17. The molecule has 0 spiro atoms. The maximum absolute atomic E-state index is 12.7. The monoisotopic (exact) mass is 220 g/mol. The van der Waals surface area contributed by atoms with E-state index < -0.39 is 0 Å². The van der Waals surface area contributed by atoms with E-state index >= 15 is 0 Å². The Kier molecular flexibility index (Phi) is 5.84. The second-order valence-electron chi connectivity index (χ2n) is 4.27. The van der Waals surface area contributed by atoms with Crippen LogP contribution in [0.15, 0.2) is 30.8 Å². The smallest absolute Gasteiger partial charge is 0.123 e. The Bertz CT molecular complexity index is 311. The van der Waals surface area contributed by atoms with Crippen molar-refractivity contribution in [2.24, 2.45) is 0 Å². The lowest BCUT2D eigenvalue weighted by Gasteiger charge is -2.05. The Labute approximate surface area is 98.2 Å². The van der Waals surface area contributed by atoms with E-state index in [1.165, 1.54) is 44.2 Å². The summed E-state index contributed by atoms with van der Waals surface area (Å²) in [6, 6.07) is 6.61. The highest BCUT2D eigenvalue weighted by Crippen LogP contribution is 2.19. The quantitative estimate of drug-likeness (QED) is 0.554. The molecule has 0 radical (unpaired) electrons. The van der Waals surface area contributed by atoms with Gasteiger partial charge in [0.05, 0.1) is 0 Å². The minimum atomic E-state index is -0.181. The normalized spacial score (nSPS) is 10.4. The van der Waals surface area contributed by atoms with E-state index in [2.05, 4.69) is 13.5 Å². The Balaban J connectivity index is 2.27. The van der Waals surface area contributed by atoms with Crippen molar-refractivity contribution in [1.29, 1.82) is 0 Å². The molecule has 0 atom stereocenters. The SMILES string of the molecule is C=C(CCCCCCC)c1ccc(F)cc1. The van der Waals surface area contributed by atoms with E-state index in [9.17, 15) is 4.39 Å². The van der Waals surface area contributed by atoms with Crippen LogP contribution in [0.4, 0.5) is 4.39 Å². The first-order chi connectivity index (χ1) is 7.74. The fraction of sp³-hybridized carbons (Fsp3) is 0.467. The van der Waals surface area contributed by atoms with Crippen molar-refractivity contribution < 1.29 is 4.39 Å². The molecule has 0 saturated heterocycles. The van der Waals surface area contributed by atoms with Gasteiger partial charge in [0.15, 0.2) is 0 Å². The molecule has 1 rings (SSSR count). The average Bonchev–Trinajstić information content (AvgIpc) is 2.29. The standard InChI is InChI=1S/C15H21F/c1-3-4-5-6-7-8-13(2)14-9-11-15(16)12-10-14/h9-12H,2-8H2,1H3. The average molecular weight is 220 g/mol. The van der Waals surface area contributed by atoms with Gasteiger partial charge >= 0.3 is 0 Å². The van der Waals surface area contributed by atoms with Gasteiger partial charge in [0.2, 0.25) is 0 Å². The predicted molar refractivity (Wildman–Crippen MR) is 68.8 cm³/mol. The van der Waals surface area contributed by atoms with Crippen molar-refractivity contribution in [3.63, 3.8) is 0 Å². The number of hydrogen-bond donors (Lipinski definition) is 0. The van der Waals surface area contributed by atoms with Gasteiger partial charge in [-0.15, -0.1) is 0 Å². The van der Waals surface area contributed by atoms with E-state index in [0.29, 0.717) is 0 Å². The highest BCUT2D eigenvalue weighted by molar-refractivity contribution is 5.62. The lowest BCUT2D eigenvalue weighted by Crippen LogP contribution is -1.85. The van der Waals surface area contributed by atoms with E-state index in [1.54, 1.807) is 0 Å². The van der Waals surface area contributed by atoms with E-state index in [0.717, 1.165) is 17.6 Å². The van der Waals surface area contributed by atoms with Crippen LogP contribution < -0.4 is 0 Å². The van der Waals surface area contributed by atoms with Crippen LogP contribution in [-0.4, -0.2) is 0 Å².